The molecular formula is C25H27N3O4S. The van der Waals surface area contributed by atoms with Gasteiger partial charge in [0.15, 0.2) is 12.4 Å². The van der Waals surface area contributed by atoms with Gasteiger partial charge in [-0.2, -0.15) is 5.10 Å². The van der Waals surface area contributed by atoms with Gasteiger partial charge in [-0.25, -0.2) is 0 Å². The molecule has 3 rings (SSSR count). The number of carbonyl (C=O) groups is 2. The summed E-state index contributed by atoms with van der Waals surface area (Å²) in [5.74, 6) is 7.27. The Kier molecular flexibility index (Phi) is 8.71. The molecule has 0 aliphatic carbocycles. The van der Waals surface area contributed by atoms with Crippen LogP contribution < -0.4 is 15.9 Å². The van der Waals surface area contributed by atoms with Gasteiger partial charge in [0.2, 0.25) is 0 Å². The van der Waals surface area contributed by atoms with Crippen LogP contribution in [0.2, 0.25) is 0 Å². The minimum Gasteiger partial charge on any atom is -0.484 e. The lowest BCUT2D eigenvalue weighted by molar-refractivity contribution is -0.123. The van der Waals surface area contributed by atoms with Crippen LogP contribution in [0.15, 0.2) is 70.4 Å². The van der Waals surface area contributed by atoms with Gasteiger partial charge in [0.25, 0.3) is 5.91 Å². The second-order valence-corrected chi connectivity index (χ2v) is 8.54. The van der Waals surface area contributed by atoms with Gasteiger partial charge in [-0.05, 0) is 55.8 Å². The maximum Gasteiger partial charge on any atom is 0.258 e. The Bertz CT molecular complexity index is 1090. The largest absolute Gasteiger partial charge is 0.484 e. The number of benzene rings is 2. The number of ketones is 1. The summed E-state index contributed by atoms with van der Waals surface area (Å²) in [6.45, 7) is 4.29. The molecule has 0 unspecified atom stereocenters. The van der Waals surface area contributed by atoms with Crippen molar-refractivity contribution >= 4 is 29.2 Å². The molecule has 8 heteroatoms. The summed E-state index contributed by atoms with van der Waals surface area (Å²) in [7, 11) is 0. The number of nitrogens with one attached hydrogen (secondary N) is 1. The van der Waals surface area contributed by atoms with Crippen molar-refractivity contribution in [3.63, 3.8) is 0 Å². The Morgan fingerprint density at radius 2 is 1.82 bits per heavy atom. The summed E-state index contributed by atoms with van der Waals surface area (Å²) in [4.78, 5) is 24.5. The number of thioether (sulfide) groups is 1. The van der Waals surface area contributed by atoms with Gasteiger partial charge in [-0.1, -0.05) is 29.3 Å². The second kappa shape index (κ2) is 11.9. The van der Waals surface area contributed by atoms with E-state index in [0.29, 0.717) is 23.6 Å². The molecule has 7 nitrogen and oxygen atoms in total. The van der Waals surface area contributed by atoms with Crippen LogP contribution in [-0.4, -0.2) is 29.8 Å². The predicted molar refractivity (Wildman–Crippen MR) is 130 cm³/mol. The van der Waals surface area contributed by atoms with Crippen LogP contribution in [0.3, 0.4) is 0 Å². The molecular weight excluding hydrogens is 438 g/mol. The summed E-state index contributed by atoms with van der Waals surface area (Å²) >= 11 is 1.53. The molecule has 1 aromatic heterocycles. The summed E-state index contributed by atoms with van der Waals surface area (Å²) in [5, 5.41) is 6.41. The molecule has 3 aromatic rings. The highest BCUT2D eigenvalue weighted by atomic mass is 32.2. The summed E-state index contributed by atoms with van der Waals surface area (Å²) in [5.41, 5.74) is 4.41. The molecule has 0 saturated carbocycles. The quantitative estimate of drug-likeness (QED) is 0.254. The molecule has 0 aliphatic rings. The molecule has 0 bridgehead atoms. The summed E-state index contributed by atoms with van der Waals surface area (Å²) in [6, 6.07) is 16.7. The topological polar surface area (TPSA) is 107 Å². The zero-order valence-corrected chi connectivity index (χ0v) is 19.5. The van der Waals surface area contributed by atoms with Crippen LogP contribution in [0.1, 0.15) is 28.0 Å². The lowest BCUT2D eigenvalue weighted by atomic mass is 10.1. The summed E-state index contributed by atoms with van der Waals surface area (Å²) in [6.07, 6.45) is 1.55. The molecule has 0 radical (unpaired) electrons. The fourth-order valence-corrected chi connectivity index (χ4v) is 4.12. The van der Waals surface area contributed by atoms with Crippen LogP contribution in [0.4, 0.5) is 0 Å². The van der Waals surface area contributed by atoms with Gasteiger partial charge in [0, 0.05) is 11.3 Å². The van der Waals surface area contributed by atoms with E-state index in [2.05, 4.69) is 42.5 Å². The van der Waals surface area contributed by atoms with Crippen LogP contribution in [0.5, 0.6) is 5.75 Å². The number of furan rings is 1. The van der Waals surface area contributed by atoms with E-state index in [1.807, 2.05) is 0 Å². The number of nitrogens with two attached hydrogens (primary N) is 1. The number of rotatable bonds is 11. The van der Waals surface area contributed by atoms with Crippen LogP contribution in [-0.2, 0) is 21.9 Å². The zero-order valence-electron chi connectivity index (χ0n) is 18.7. The Morgan fingerprint density at radius 3 is 2.45 bits per heavy atom. The van der Waals surface area contributed by atoms with Crippen molar-refractivity contribution in [2.45, 2.75) is 26.1 Å². The van der Waals surface area contributed by atoms with Crippen LogP contribution in [0, 0.1) is 13.8 Å². The van der Waals surface area contributed by atoms with E-state index in [1.165, 1.54) is 28.5 Å². The smallest absolute Gasteiger partial charge is 0.258 e. The van der Waals surface area contributed by atoms with Gasteiger partial charge in [0.05, 0.1) is 18.6 Å². The number of aryl methyl sites for hydroxylation is 2. The Morgan fingerprint density at radius 1 is 1.09 bits per heavy atom. The first-order valence-corrected chi connectivity index (χ1v) is 11.6. The van der Waals surface area contributed by atoms with Crippen molar-refractivity contribution in [2.24, 2.45) is 10.9 Å². The van der Waals surface area contributed by atoms with Crippen molar-refractivity contribution in [3.05, 3.63) is 88.9 Å². The monoisotopic (exact) mass is 465 g/mol. The standard InChI is InChI=1S/C25H27N3O4S/c1-17-10-18(2)12-19(11-17)15-33-16-23(29)25(28-26)20-5-7-21(8-6-20)32-14-24(30)27-13-22-4-3-9-31-22/h3-12H,13-16,26H2,1-2H3,(H,27,30)/b28-25+. The third-order valence-corrected chi connectivity index (χ3v) is 5.72. The number of hydrogen-bond acceptors (Lipinski definition) is 7. The summed E-state index contributed by atoms with van der Waals surface area (Å²) < 4.78 is 10.7. The van der Waals surface area contributed by atoms with Gasteiger partial charge in [0.1, 0.15) is 17.2 Å². The highest BCUT2D eigenvalue weighted by Crippen LogP contribution is 2.18. The van der Waals surface area contributed by atoms with E-state index < -0.39 is 0 Å². The molecule has 0 saturated heterocycles. The average molecular weight is 466 g/mol. The molecule has 0 spiro atoms. The fourth-order valence-electron chi connectivity index (χ4n) is 3.30. The van der Waals surface area contributed by atoms with Crippen molar-refractivity contribution in [1.82, 2.24) is 5.32 Å². The first kappa shape index (κ1) is 24.1. The Labute approximate surface area is 197 Å². The highest BCUT2D eigenvalue weighted by Gasteiger charge is 2.15. The van der Waals surface area contributed by atoms with Gasteiger partial charge >= 0.3 is 0 Å². The first-order chi connectivity index (χ1) is 15.9. The first-order valence-electron chi connectivity index (χ1n) is 10.4. The molecule has 3 N–H and O–H groups in total. The van der Waals surface area contributed by atoms with E-state index in [-0.39, 0.29) is 29.8 Å². The van der Waals surface area contributed by atoms with Crippen molar-refractivity contribution < 1.29 is 18.7 Å². The zero-order chi connectivity index (χ0) is 23.6. The number of hydrazone groups is 1. The number of hydrogen-bond donors (Lipinski definition) is 2. The Balaban J connectivity index is 1.47. The molecule has 33 heavy (non-hydrogen) atoms. The van der Waals surface area contributed by atoms with E-state index in [0.717, 1.165) is 5.75 Å². The molecule has 1 amide bonds. The van der Waals surface area contributed by atoms with Crippen molar-refractivity contribution in [2.75, 3.05) is 12.4 Å². The molecule has 0 atom stereocenters. The average Bonchev–Trinajstić information content (AvgIpc) is 3.31. The van der Waals surface area contributed by atoms with Crippen molar-refractivity contribution in [1.29, 1.82) is 0 Å². The highest BCUT2D eigenvalue weighted by molar-refractivity contribution is 7.99. The number of carbonyl (C=O) groups excluding carboxylic acids is 2. The van der Waals surface area contributed by atoms with Gasteiger partial charge in [-0.15, -0.1) is 11.8 Å². The number of nitrogens with zero attached hydrogens (tertiary/aromatic N) is 1. The molecule has 0 aliphatic heterocycles. The third-order valence-electron chi connectivity index (χ3n) is 4.71. The third kappa shape index (κ3) is 7.54. The second-order valence-electron chi connectivity index (χ2n) is 7.56. The minimum atomic E-state index is -0.268. The number of amides is 1. The van der Waals surface area contributed by atoms with E-state index in [9.17, 15) is 9.59 Å². The van der Waals surface area contributed by atoms with Crippen LogP contribution >= 0.6 is 11.8 Å². The maximum absolute atomic E-state index is 12.6. The Hall–Kier alpha value is -3.52. The lowest BCUT2D eigenvalue weighted by Gasteiger charge is -2.09. The molecule has 0 fully saturated rings. The van der Waals surface area contributed by atoms with E-state index >= 15 is 0 Å². The number of ether oxygens (including phenoxy) is 1. The van der Waals surface area contributed by atoms with E-state index in [4.69, 9.17) is 15.0 Å². The van der Waals surface area contributed by atoms with Crippen LogP contribution in [0.25, 0.3) is 0 Å². The fraction of sp³-hybridized carbons (Fsp3) is 0.240. The van der Waals surface area contributed by atoms with Crippen molar-refractivity contribution in [3.8, 4) is 5.75 Å². The van der Waals surface area contributed by atoms with E-state index in [1.54, 1.807) is 42.7 Å². The number of Topliss-reactive ketones (excluding diaryl/α,β-unsaturated/α-hetero) is 1. The molecule has 1 heterocycles. The van der Waals surface area contributed by atoms with Gasteiger partial charge in [-0.3, -0.25) is 9.59 Å². The maximum atomic E-state index is 12.6. The van der Waals surface area contributed by atoms with Gasteiger partial charge < -0.3 is 20.3 Å². The SMILES string of the molecule is Cc1cc(C)cc(CSCC(=O)/C(=N/N)c2ccc(OCC(=O)NCc3ccco3)cc2)c1. The minimum absolute atomic E-state index is 0.133. The molecule has 172 valence electrons. The lowest BCUT2D eigenvalue weighted by Crippen LogP contribution is -2.28. The normalized spacial score (nSPS) is 11.3. The molecule has 2 aromatic carbocycles. The predicted octanol–water partition coefficient (Wildman–Crippen LogP) is 3.76.